The van der Waals surface area contributed by atoms with E-state index in [1.165, 1.54) is 17.8 Å². The maximum atomic E-state index is 13.8. The van der Waals surface area contributed by atoms with E-state index in [0.717, 1.165) is 16.2 Å². The molecule has 1 heterocycles. The van der Waals surface area contributed by atoms with Crippen LogP contribution < -0.4 is 5.73 Å². The van der Waals surface area contributed by atoms with Crippen LogP contribution in [0.4, 0.5) is 4.39 Å². The predicted molar refractivity (Wildman–Crippen MR) is 66.6 cm³/mol. The molecular formula is C13H14FNOS. The number of hydrogen-bond donors (Lipinski definition) is 1. The molecule has 0 saturated carbocycles. The molecule has 2 N–H and O–H groups in total. The van der Waals surface area contributed by atoms with Crippen LogP contribution in [0.15, 0.2) is 44.7 Å². The van der Waals surface area contributed by atoms with E-state index in [2.05, 4.69) is 0 Å². The van der Waals surface area contributed by atoms with Crippen LogP contribution in [0.1, 0.15) is 24.3 Å². The Balaban J connectivity index is 2.26. The van der Waals surface area contributed by atoms with Crippen molar-refractivity contribution in [3.63, 3.8) is 0 Å². The molecule has 0 fully saturated rings. The highest BCUT2D eigenvalue weighted by Crippen LogP contribution is 2.33. The smallest absolute Gasteiger partial charge is 0.137 e. The molecule has 0 bridgehead atoms. The molecule has 2 rings (SSSR count). The quantitative estimate of drug-likeness (QED) is 0.899. The number of furan rings is 1. The van der Waals surface area contributed by atoms with Gasteiger partial charge in [-0.25, -0.2) is 4.39 Å². The van der Waals surface area contributed by atoms with E-state index in [1.54, 1.807) is 12.3 Å². The second-order valence-electron chi connectivity index (χ2n) is 3.92. The topological polar surface area (TPSA) is 39.2 Å². The monoisotopic (exact) mass is 251 g/mol. The highest BCUT2D eigenvalue weighted by atomic mass is 32.2. The summed E-state index contributed by atoms with van der Waals surface area (Å²) in [5.41, 5.74) is 6.51. The lowest BCUT2D eigenvalue weighted by molar-refractivity contribution is 0.526. The summed E-state index contributed by atoms with van der Waals surface area (Å²) in [7, 11) is 0. The van der Waals surface area contributed by atoms with Crippen molar-refractivity contribution >= 4 is 11.8 Å². The van der Waals surface area contributed by atoms with Crippen LogP contribution in [0.2, 0.25) is 0 Å². The average Bonchev–Trinajstić information content (AvgIpc) is 2.67. The number of halogens is 1. The molecule has 0 aliphatic heterocycles. The van der Waals surface area contributed by atoms with Crippen molar-refractivity contribution in [2.45, 2.75) is 29.7 Å². The minimum atomic E-state index is -0.245. The zero-order chi connectivity index (χ0) is 12.4. The standard InChI is InChI=1S/C13H14FNOS/c1-8(15)10-3-4-13(11(14)7-10)17-12-5-6-16-9(12)2/h3-8H,15H2,1-2H3/t8-/m0/s1. The van der Waals surface area contributed by atoms with Crippen molar-refractivity contribution in [1.82, 2.24) is 0 Å². The molecule has 0 radical (unpaired) electrons. The van der Waals surface area contributed by atoms with Crippen molar-refractivity contribution in [2.24, 2.45) is 5.73 Å². The van der Waals surface area contributed by atoms with Crippen molar-refractivity contribution in [3.05, 3.63) is 47.7 Å². The van der Waals surface area contributed by atoms with Crippen LogP contribution in [-0.2, 0) is 0 Å². The fourth-order valence-electron chi connectivity index (χ4n) is 1.48. The summed E-state index contributed by atoms with van der Waals surface area (Å²) in [5, 5.41) is 0. The van der Waals surface area contributed by atoms with E-state index in [9.17, 15) is 4.39 Å². The third-order valence-corrected chi connectivity index (χ3v) is 3.71. The first kappa shape index (κ1) is 12.2. The van der Waals surface area contributed by atoms with E-state index < -0.39 is 0 Å². The van der Waals surface area contributed by atoms with Crippen molar-refractivity contribution in [2.75, 3.05) is 0 Å². The summed E-state index contributed by atoms with van der Waals surface area (Å²) < 4.78 is 19.0. The van der Waals surface area contributed by atoms with Crippen LogP contribution in [0.25, 0.3) is 0 Å². The number of benzene rings is 1. The first-order chi connectivity index (χ1) is 8.08. The van der Waals surface area contributed by atoms with E-state index in [0.29, 0.717) is 4.90 Å². The third kappa shape index (κ3) is 2.70. The van der Waals surface area contributed by atoms with Gasteiger partial charge in [-0.05, 0) is 37.6 Å². The van der Waals surface area contributed by atoms with E-state index in [4.69, 9.17) is 10.2 Å². The lowest BCUT2D eigenvalue weighted by Crippen LogP contribution is -2.05. The van der Waals surface area contributed by atoms with Gasteiger partial charge >= 0.3 is 0 Å². The number of hydrogen-bond acceptors (Lipinski definition) is 3. The molecule has 4 heteroatoms. The first-order valence-electron chi connectivity index (χ1n) is 5.35. The van der Waals surface area contributed by atoms with Crippen LogP contribution in [-0.4, -0.2) is 0 Å². The maximum Gasteiger partial charge on any atom is 0.137 e. The molecule has 1 aromatic carbocycles. The molecule has 0 amide bonds. The SMILES string of the molecule is Cc1occc1Sc1ccc([C@H](C)N)cc1F. The Hall–Kier alpha value is -1.26. The van der Waals surface area contributed by atoms with Gasteiger partial charge in [-0.1, -0.05) is 17.8 Å². The Morgan fingerprint density at radius 3 is 2.59 bits per heavy atom. The summed E-state index contributed by atoms with van der Waals surface area (Å²) in [4.78, 5) is 1.51. The van der Waals surface area contributed by atoms with E-state index in [1.807, 2.05) is 26.0 Å². The Morgan fingerprint density at radius 2 is 2.06 bits per heavy atom. The maximum absolute atomic E-state index is 13.8. The molecule has 0 aliphatic carbocycles. The van der Waals surface area contributed by atoms with Gasteiger partial charge in [0.15, 0.2) is 0 Å². The van der Waals surface area contributed by atoms with Gasteiger partial charge in [0.05, 0.1) is 11.2 Å². The van der Waals surface area contributed by atoms with Crippen LogP contribution in [0.3, 0.4) is 0 Å². The third-order valence-electron chi connectivity index (χ3n) is 2.51. The van der Waals surface area contributed by atoms with Crippen LogP contribution in [0, 0.1) is 12.7 Å². The second kappa shape index (κ2) is 4.94. The molecular weight excluding hydrogens is 237 g/mol. The zero-order valence-electron chi connectivity index (χ0n) is 9.74. The molecule has 1 aromatic heterocycles. The lowest BCUT2D eigenvalue weighted by Gasteiger charge is -2.08. The number of nitrogens with two attached hydrogens (primary N) is 1. The normalized spacial score (nSPS) is 12.7. The largest absolute Gasteiger partial charge is 0.468 e. The van der Waals surface area contributed by atoms with E-state index >= 15 is 0 Å². The molecule has 2 aromatic rings. The number of rotatable bonds is 3. The van der Waals surface area contributed by atoms with Gasteiger partial charge in [-0.15, -0.1) is 0 Å². The summed E-state index contributed by atoms with van der Waals surface area (Å²) >= 11 is 1.36. The van der Waals surface area contributed by atoms with Crippen molar-refractivity contribution in [1.29, 1.82) is 0 Å². The Morgan fingerprint density at radius 1 is 1.29 bits per heavy atom. The van der Waals surface area contributed by atoms with Gasteiger partial charge in [-0.2, -0.15) is 0 Å². The highest BCUT2D eigenvalue weighted by Gasteiger charge is 2.10. The molecule has 0 unspecified atom stereocenters. The summed E-state index contributed by atoms with van der Waals surface area (Å²) in [6, 6.07) is 6.78. The predicted octanol–water partition coefficient (Wildman–Crippen LogP) is 3.90. The Kier molecular flexibility index (Phi) is 3.54. The van der Waals surface area contributed by atoms with Gasteiger partial charge in [0.1, 0.15) is 11.6 Å². The second-order valence-corrected chi connectivity index (χ2v) is 5.01. The molecule has 1 atom stereocenters. The number of aryl methyl sites for hydroxylation is 1. The minimum absolute atomic E-state index is 0.154. The highest BCUT2D eigenvalue weighted by molar-refractivity contribution is 7.99. The fraction of sp³-hybridized carbons (Fsp3) is 0.231. The van der Waals surface area contributed by atoms with Crippen LogP contribution >= 0.6 is 11.8 Å². The minimum Gasteiger partial charge on any atom is -0.468 e. The fourth-order valence-corrected chi connectivity index (χ4v) is 2.33. The van der Waals surface area contributed by atoms with Gasteiger partial charge in [0.25, 0.3) is 0 Å². The molecule has 17 heavy (non-hydrogen) atoms. The van der Waals surface area contributed by atoms with Gasteiger partial charge in [0, 0.05) is 10.9 Å². The van der Waals surface area contributed by atoms with Crippen molar-refractivity contribution < 1.29 is 8.81 Å². The summed E-state index contributed by atoms with van der Waals surface area (Å²) in [6.45, 7) is 3.69. The van der Waals surface area contributed by atoms with Gasteiger partial charge in [0.2, 0.25) is 0 Å². The summed E-state index contributed by atoms with van der Waals surface area (Å²) in [5.74, 6) is 0.552. The van der Waals surface area contributed by atoms with Crippen molar-refractivity contribution in [3.8, 4) is 0 Å². The summed E-state index contributed by atoms with van der Waals surface area (Å²) in [6.07, 6.45) is 1.60. The van der Waals surface area contributed by atoms with Gasteiger partial charge < -0.3 is 10.2 Å². The van der Waals surface area contributed by atoms with Gasteiger partial charge in [-0.3, -0.25) is 0 Å². The molecule has 0 spiro atoms. The van der Waals surface area contributed by atoms with Crippen LogP contribution in [0.5, 0.6) is 0 Å². The molecule has 90 valence electrons. The Labute approximate surface area is 104 Å². The molecule has 2 nitrogen and oxygen atoms in total. The lowest BCUT2D eigenvalue weighted by atomic mass is 10.1. The molecule has 0 saturated heterocycles. The Bertz CT molecular complexity index is 522. The zero-order valence-corrected chi connectivity index (χ0v) is 10.6. The average molecular weight is 251 g/mol. The molecule has 0 aliphatic rings. The first-order valence-corrected chi connectivity index (χ1v) is 6.16. The van der Waals surface area contributed by atoms with E-state index in [-0.39, 0.29) is 11.9 Å².